The third-order valence-corrected chi connectivity index (χ3v) is 4.04. The summed E-state index contributed by atoms with van der Waals surface area (Å²) in [6, 6.07) is 2.20. The molecule has 17 heavy (non-hydrogen) atoms. The number of rotatable bonds is 3. The van der Waals surface area contributed by atoms with Gasteiger partial charge in [-0.05, 0) is 45.3 Å². The first-order valence-electron chi connectivity index (χ1n) is 6.55. The van der Waals surface area contributed by atoms with Gasteiger partial charge in [-0.3, -0.25) is 4.79 Å². The lowest BCUT2D eigenvalue weighted by molar-refractivity contribution is -0.127. The molecule has 0 aromatic rings. The third-order valence-electron chi connectivity index (χ3n) is 4.04. The van der Waals surface area contributed by atoms with Crippen molar-refractivity contribution in [3.8, 4) is 6.07 Å². The highest BCUT2D eigenvalue weighted by Gasteiger charge is 2.29. The Morgan fingerprint density at radius 2 is 2.12 bits per heavy atom. The third kappa shape index (κ3) is 3.19. The van der Waals surface area contributed by atoms with E-state index in [2.05, 4.69) is 18.0 Å². The van der Waals surface area contributed by atoms with Crippen LogP contribution < -0.4 is 0 Å². The molecule has 94 valence electrons. The molecule has 0 bridgehead atoms. The Hall–Kier alpha value is -1.08. The van der Waals surface area contributed by atoms with Crippen LogP contribution in [0.5, 0.6) is 0 Å². The first kappa shape index (κ1) is 12.4. The summed E-state index contributed by atoms with van der Waals surface area (Å²) in [5, 5.41) is 8.81. The van der Waals surface area contributed by atoms with Gasteiger partial charge in [-0.1, -0.05) is 0 Å². The summed E-state index contributed by atoms with van der Waals surface area (Å²) in [5.41, 5.74) is 0. The minimum atomic E-state index is -0.0695. The van der Waals surface area contributed by atoms with E-state index in [1.165, 1.54) is 25.9 Å². The molecule has 1 unspecified atom stereocenters. The summed E-state index contributed by atoms with van der Waals surface area (Å²) in [6.07, 6.45) is 4.04. The van der Waals surface area contributed by atoms with Crippen molar-refractivity contribution in [2.45, 2.75) is 25.7 Å². The maximum absolute atomic E-state index is 11.6. The van der Waals surface area contributed by atoms with Gasteiger partial charge in [-0.25, -0.2) is 0 Å². The molecule has 2 rings (SSSR count). The van der Waals surface area contributed by atoms with Crippen LogP contribution in [0, 0.1) is 23.2 Å². The van der Waals surface area contributed by atoms with E-state index in [-0.39, 0.29) is 11.8 Å². The van der Waals surface area contributed by atoms with Crippen molar-refractivity contribution in [3.05, 3.63) is 0 Å². The normalized spacial score (nSPS) is 27.4. The average molecular weight is 235 g/mol. The van der Waals surface area contributed by atoms with E-state index in [1.807, 2.05) is 4.90 Å². The number of nitriles is 1. The molecule has 0 aliphatic carbocycles. The topological polar surface area (TPSA) is 47.3 Å². The van der Waals surface area contributed by atoms with Gasteiger partial charge in [-0.15, -0.1) is 0 Å². The molecule has 0 radical (unpaired) electrons. The number of hydrogen-bond donors (Lipinski definition) is 0. The fourth-order valence-electron chi connectivity index (χ4n) is 2.76. The molecule has 0 spiro atoms. The summed E-state index contributed by atoms with van der Waals surface area (Å²) in [7, 11) is 2.16. The lowest BCUT2D eigenvalue weighted by atomic mass is 9.94. The van der Waals surface area contributed by atoms with Crippen molar-refractivity contribution in [2.24, 2.45) is 11.8 Å². The summed E-state index contributed by atoms with van der Waals surface area (Å²) in [4.78, 5) is 15.9. The summed E-state index contributed by atoms with van der Waals surface area (Å²) in [6.45, 7) is 3.87. The largest absolute Gasteiger partial charge is 0.341 e. The molecule has 0 saturated carbocycles. The molecule has 0 aromatic heterocycles. The van der Waals surface area contributed by atoms with Crippen LogP contribution in [0.1, 0.15) is 25.7 Å². The van der Waals surface area contributed by atoms with Gasteiger partial charge in [-0.2, -0.15) is 5.26 Å². The standard InChI is InChI=1S/C13H21N3O/c1-15-5-2-11(3-6-15)4-7-16-10-12(9-14)8-13(16)17/h11-12H,2-8,10H2,1H3. The summed E-state index contributed by atoms with van der Waals surface area (Å²) < 4.78 is 0. The summed E-state index contributed by atoms with van der Waals surface area (Å²) >= 11 is 0. The van der Waals surface area contributed by atoms with Crippen LogP contribution in [0.3, 0.4) is 0 Å². The van der Waals surface area contributed by atoms with Gasteiger partial charge in [0.2, 0.25) is 5.91 Å². The van der Waals surface area contributed by atoms with Gasteiger partial charge in [0.05, 0.1) is 12.0 Å². The Bertz CT molecular complexity index is 315. The maximum atomic E-state index is 11.6. The van der Waals surface area contributed by atoms with Crippen LogP contribution in [0.4, 0.5) is 0 Å². The Morgan fingerprint density at radius 3 is 2.71 bits per heavy atom. The lowest BCUT2D eigenvalue weighted by Crippen LogP contribution is -2.33. The molecule has 0 aromatic carbocycles. The van der Waals surface area contributed by atoms with Crippen molar-refractivity contribution in [1.29, 1.82) is 5.26 Å². The van der Waals surface area contributed by atoms with Crippen LogP contribution in [-0.4, -0.2) is 48.9 Å². The number of amides is 1. The quantitative estimate of drug-likeness (QED) is 0.735. The van der Waals surface area contributed by atoms with E-state index < -0.39 is 0 Å². The zero-order chi connectivity index (χ0) is 12.3. The molecule has 1 amide bonds. The first-order valence-corrected chi connectivity index (χ1v) is 6.55. The molecule has 2 aliphatic rings. The number of nitrogens with zero attached hydrogens (tertiary/aromatic N) is 3. The van der Waals surface area contributed by atoms with Gasteiger partial charge in [0.25, 0.3) is 0 Å². The van der Waals surface area contributed by atoms with Crippen LogP contribution >= 0.6 is 0 Å². The Balaban J connectivity index is 1.72. The smallest absolute Gasteiger partial charge is 0.224 e. The van der Waals surface area contributed by atoms with E-state index in [9.17, 15) is 4.79 Å². The van der Waals surface area contributed by atoms with E-state index in [1.54, 1.807) is 0 Å². The Labute approximate surface area is 103 Å². The van der Waals surface area contributed by atoms with E-state index in [0.717, 1.165) is 18.9 Å². The molecule has 2 heterocycles. The molecule has 2 saturated heterocycles. The zero-order valence-electron chi connectivity index (χ0n) is 10.6. The van der Waals surface area contributed by atoms with Gasteiger partial charge in [0.15, 0.2) is 0 Å². The van der Waals surface area contributed by atoms with Crippen LogP contribution in [0.25, 0.3) is 0 Å². The second-order valence-corrected chi connectivity index (χ2v) is 5.41. The minimum Gasteiger partial charge on any atom is -0.341 e. The fourth-order valence-corrected chi connectivity index (χ4v) is 2.76. The van der Waals surface area contributed by atoms with Crippen molar-refractivity contribution in [3.63, 3.8) is 0 Å². The number of piperidine rings is 1. The Kier molecular flexibility index (Phi) is 4.01. The van der Waals surface area contributed by atoms with Crippen LogP contribution in [0.15, 0.2) is 0 Å². The predicted octanol–water partition coefficient (Wildman–Crippen LogP) is 1.09. The van der Waals surface area contributed by atoms with Crippen molar-refractivity contribution >= 4 is 5.91 Å². The van der Waals surface area contributed by atoms with Gasteiger partial charge in [0.1, 0.15) is 0 Å². The second-order valence-electron chi connectivity index (χ2n) is 5.41. The van der Waals surface area contributed by atoms with Gasteiger partial charge >= 0.3 is 0 Å². The van der Waals surface area contributed by atoms with Gasteiger partial charge in [0, 0.05) is 19.5 Å². The minimum absolute atomic E-state index is 0.0695. The predicted molar refractivity (Wildman–Crippen MR) is 65.1 cm³/mol. The van der Waals surface area contributed by atoms with E-state index in [0.29, 0.717) is 13.0 Å². The zero-order valence-corrected chi connectivity index (χ0v) is 10.6. The van der Waals surface area contributed by atoms with Crippen LogP contribution in [0.2, 0.25) is 0 Å². The molecule has 2 fully saturated rings. The number of likely N-dealkylation sites (tertiary alicyclic amines) is 2. The van der Waals surface area contributed by atoms with Gasteiger partial charge < -0.3 is 9.80 Å². The van der Waals surface area contributed by atoms with Crippen molar-refractivity contribution in [1.82, 2.24) is 9.80 Å². The Morgan fingerprint density at radius 1 is 1.41 bits per heavy atom. The first-order chi connectivity index (χ1) is 8.19. The van der Waals surface area contributed by atoms with Crippen molar-refractivity contribution < 1.29 is 4.79 Å². The summed E-state index contributed by atoms with van der Waals surface area (Å²) in [5.74, 6) is 0.865. The molecular formula is C13H21N3O. The van der Waals surface area contributed by atoms with E-state index in [4.69, 9.17) is 5.26 Å². The number of hydrogen-bond acceptors (Lipinski definition) is 3. The second kappa shape index (κ2) is 5.50. The maximum Gasteiger partial charge on any atom is 0.224 e. The number of carbonyl (C=O) groups excluding carboxylic acids is 1. The van der Waals surface area contributed by atoms with E-state index >= 15 is 0 Å². The van der Waals surface area contributed by atoms with Crippen molar-refractivity contribution in [2.75, 3.05) is 33.2 Å². The SMILES string of the molecule is CN1CCC(CCN2CC(C#N)CC2=O)CC1. The number of carbonyl (C=O) groups is 1. The highest BCUT2D eigenvalue weighted by atomic mass is 16.2. The monoisotopic (exact) mass is 235 g/mol. The average Bonchev–Trinajstić information content (AvgIpc) is 2.69. The highest BCUT2D eigenvalue weighted by Crippen LogP contribution is 2.22. The highest BCUT2D eigenvalue weighted by molar-refractivity contribution is 5.79. The molecule has 4 heteroatoms. The van der Waals surface area contributed by atoms with Crippen LogP contribution in [-0.2, 0) is 4.79 Å². The molecular weight excluding hydrogens is 214 g/mol. The fraction of sp³-hybridized carbons (Fsp3) is 0.846. The molecule has 2 aliphatic heterocycles. The molecule has 1 atom stereocenters. The molecule has 0 N–H and O–H groups in total. The molecule has 4 nitrogen and oxygen atoms in total. The lowest BCUT2D eigenvalue weighted by Gasteiger charge is -2.30.